The molecule has 1 saturated carbocycles. The summed E-state index contributed by atoms with van der Waals surface area (Å²) in [7, 11) is 0. The van der Waals surface area contributed by atoms with Gasteiger partial charge in [-0.25, -0.2) is 8.78 Å². The van der Waals surface area contributed by atoms with Gasteiger partial charge in [0, 0.05) is 18.2 Å². The van der Waals surface area contributed by atoms with Crippen molar-refractivity contribution in [2.75, 3.05) is 26.3 Å². The molecule has 0 atom stereocenters. The Morgan fingerprint density at radius 2 is 1.83 bits per heavy atom. The third-order valence-corrected chi connectivity index (χ3v) is 4.76. The minimum Gasteiger partial charge on any atom is -0.377 e. The lowest BCUT2D eigenvalue weighted by Crippen LogP contribution is -2.59. The number of nitrogens with zero attached hydrogens (tertiary/aromatic N) is 1. The first-order chi connectivity index (χ1) is 11.5. The second-order valence-electron chi connectivity index (χ2n) is 6.37. The number of halogens is 2. The van der Waals surface area contributed by atoms with Crippen LogP contribution in [0.15, 0.2) is 18.2 Å². The van der Waals surface area contributed by atoms with Gasteiger partial charge in [0.25, 0.3) is 5.91 Å². The molecule has 2 amide bonds. The molecule has 5 nitrogen and oxygen atoms in total. The summed E-state index contributed by atoms with van der Waals surface area (Å²) >= 11 is 0. The van der Waals surface area contributed by atoms with E-state index >= 15 is 0 Å². The van der Waals surface area contributed by atoms with Gasteiger partial charge in [0.1, 0.15) is 11.6 Å². The van der Waals surface area contributed by atoms with Gasteiger partial charge in [0.2, 0.25) is 5.91 Å². The van der Waals surface area contributed by atoms with Gasteiger partial charge in [0.15, 0.2) is 0 Å². The molecule has 2 fully saturated rings. The standard InChI is InChI=1S/C17H20F2N2O3/c18-13-7-12(8-14(19)9-13)16(23)20-10-15(22)21-5-6-24-11-17(21)3-1-2-4-17/h7-9H,1-6,10-11H2,(H,20,23). The van der Waals surface area contributed by atoms with E-state index in [1.54, 1.807) is 4.90 Å². The molecule has 1 aliphatic carbocycles. The number of benzene rings is 1. The fourth-order valence-corrected chi connectivity index (χ4v) is 3.61. The Morgan fingerprint density at radius 1 is 1.17 bits per heavy atom. The summed E-state index contributed by atoms with van der Waals surface area (Å²) in [6.45, 7) is 1.32. The van der Waals surface area contributed by atoms with Crippen LogP contribution in [0.1, 0.15) is 36.0 Å². The Kier molecular flexibility index (Phi) is 4.80. The summed E-state index contributed by atoms with van der Waals surface area (Å²) in [6.07, 6.45) is 3.92. The van der Waals surface area contributed by atoms with E-state index in [0.717, 1.165) is 37.8 Å². The predicted molar refractivity (Wildman–Crippen MR) is 82.4 cm³/mol. The van der Waals surface area contributed by atoms with Crippen LogP contribution in [0.5, 0.6) is 0 Å². The van der Waals surface area contributed by atoms with Crippen molar-refractivity contribution in [2.45, 2.75) is 31.2 Å². The molecule has 7 heteroatoms. The molecular weight excluding hydrogens is 318 g/mol. The van der Waals surface area contributed by atoms with E-state index in [0.29, 0.717) is 25.8 Å². The average molecular weight is 338 g/mol. The monoisotopic (exact) mass is 338 g/mol. The van der Waals surface area contributed by atoms with Gasteiger partial charge in [-0.2, -0.15) is 0 Å². The van der Waals surface area contributed by atoms with Crippen molar-refractivity contribution in [3.8, 4) is 0 Å². The van der Waals surface area contributed by atoms with Crippen LogP contribution in [0.2, 0.25) is 0 Å². The highest BCUT2D eigenvalue weighted by Crippen LogP contribution is 2.37. The molecule has 1 aromatic carbocycles. The maximum absolute atomic E-state index is 13.2. The van der Waals surface area contributed by atoms with Crippen molar-refractivity contribution >= 4 is 11.8 Å². The van der Waals surface area contributed by atoms with Gasteiger partial charge in [-0.1, -0.05) is 12.8 Å². The highest BCUT2D eigenvalue weighted by Gasteiger charge is 2.44. The number of morpholine rings is 1. The van der Waals surface area contributed by atoms with Gasteiger partial charge in [0.05, 0.1) is 25.3 Å². The van der Waals surface area contributed by atoms with E-state index in [-0.39, 0.29) is 23.6 Å². The number of rotatable bonds is 3. The molecule has 0 bridgehead atoms. The molecule has 1 aromatic rings. The van der Waals surface area contributed by atoms with Gasteiger partial charge in [-0.15, -0.1) is 0 Å². The van der Waals surface area contributed by atoms with Gasteiger partial charge in [-0.05, 0) is 25.0 Å². The van der Waals surface area contributed by atoms with Crippen molar-refractivity contribution < 1.29 is 23.1 Å². The molecule has 1 N–H and O–H groups in total. The van der Waals surface area contributed by atoms with Crippen molar-refractivity contribution in [1.29, 1.82) is 0 Å². The first-order valence-corrected chi connectivity index (χ1v) is 8.13. The molecule has 24 heavy (non-hydrogen) atoms. The minimum absolute atomic E-state index is 0.141. The molecule has 1 heterocycles. The first-order valence-electron chi connectivity index (χ1n) is 8.13. The van der Waals surface area contributed by atoms with Crippen molar-refractivity contribution in [3.05, 3.63) is 35.4 Å². The van der Waals surface area contributed by atoms with Crippen LogP contribution in [0.25, 0.3) is 0 Å². The summed E-state index contributed by atoms with van der Waals surface area (Å²) in [5, 5.41) is 2.45. The lowest BCUT2D eigenvalue weighted by molar-refractivity contribution is -0.147. The van der Waals surface area contributed by atoms with Crippen LogP contribution in [-0.4, -0.2) is 48.6 Å². The third-order valence-electron chi connectivity index (χ3n) is 4.76. The predicted octanol–water partition coefficient (Wildman–Crippen LogP) is 1.87. The van der Waals surface area contributed by atoms with Crippen LogP contribution in [0.4, 0.5) is 8.78 Å². The van der Waals surface area contributed by atoms with E-state index in [9.17, 15) is 18.4 Å². The lowest BCUT2D eigenvalue weighted by Gasteiger charge is -2.44. The van der Waals surface area contributed by atoms with E-state index in [1.807, 2.05) is 0 Å². The van der Waals surface area contributed by atoms with Crippen LogP contribution in [-0.2, 0) is 9.53 Å². The maximum Gasteiger partial charge on any atom is 0.251 e. The molecule has 1 saturated heterocycles. The lowest BCUT2D eigenvalue weighted by atomic mass is 9.94. The average Bonchev–Trinajstić information content (AvgIpc) is 3.00. The summed E-state index contributed by atoms with van der Waals surface area (Å²) in [5.74, 6) is -2.52. The van der Waals surface area contributed by atoms with E-state index in [1.165, 1.54) is 0 Å². The smallest absolute Gasteiger partial charge is 0.251 e. The SMILES string of the molecule is O=C(NCC(=O)N1CCOCC12CCCC2)c1cc(F)cc(F)c1. The molecular formula is C17H20F2N2O3. The Labute approximate surface area is 139 Å². The summed E-state index contributed by atoms with van der Waals surface area (Å²) in [5.41, 5.74) is -0.400. The molecule has 1 aliphatic heterocycles. The van der Waals surface area contributed by atoms with Crippen LogP contribution in [0, 0.1) is 11.6 Å². The van der Waals surface area contributed by atoms with E-state index in [2.05, 4.69) is 5.32 Å². The fourth-order valence-electron chi connectivity index (χ4n) is 3.61. The second kappa shape index (κ2) is 6.84. The topological polar surface area (TPSA) is 58.6 Å². The Hall–Kier alpha value is -2.02. The molecule has 0 unspecified atom stereocenters. The molecule has 130 valence electrons. The molecule has 1 spiro atoms. The highest BCUT2D eigenvalue weighted by molar-refractivity contribution is 5.96. The molecule has 0 aromatic heterocycles. The Morgan fingerprint density at radius 3 is 2.50 bits per heavy atom. The summed E-state index contributed by atoms with van der Waals surface area (Å²) in [4.78, 5) is 26.3. The zero-order chi connectivity index (χ0) is 17.2. The minimum atomic E-state index is -0.829. The molecule has 0 radical (unpaired) electrons. The van der Waals surface area contributed by atoms with E-state index in [4.69, 9.17) is 4.74 Å². The zero-order valence-electron chi connectivity index (χ0n) is 13.3. The number of carbonyl (C=O) groups excluding carboxylic acids is 2. The quantitative estimate of drug-likeness (QED) is 0.915. The number of amides is 2. The molecule has 3 rings (SSSR count). The van der Waals surface area contributed by atoms with E-state index < -0.39 is 17.5 Å². The number of hydrogen-bond acceptors (Lipinski definition) is 3. The first kappa shape index (κ1) is 16.8. The van der Waals surface area contributed by atoms with Gasteiger partial charge in [-0.3, -0.25) is 9.59 Å². The number of ether oxygens (including phenoxy) is 1. The van der Waals surface area contributed by atoms with Crippen LogP contribution >= 0.6 is 0 Å². The zero-order valence-corrected chi connectivity index (χ0v) is 13.3. The summed E-state index contributed by atoms with van der Waals surface area (Å²) < 4.78 is 31.9. The van der Waals surface area contributed by atoms with Crippen molar-refractivity contribution in [1.82, 2.24) is 10.2 Å². The number of carbonyl (C=O) groups is 2. The largest absolute Gasteiger partial charge is 0.377 e. The second-order valence-corrected chi connectivity index (χ2v) is 6.37. The third kappa shape index (κ3) is 3.40. The fraction of sp³-hybridized carbons (Fsp3) is 0.529. The van der Waals surface area contributed by atoms with Crippen molar-refractivity contribution in [2.24, 2.45) is 0 Å². The normalized spacial score (nSPS) is 19.5. The number of hydrogen-bond donors (Lipinski definition) is 1. The van der Waals surface area contributed by atoms with Crippen LogP contribution < -0.4 is 5.32 Å². The summed E-state index contributed by atoms with van der Waals surface area (Å²) in [6, 6.07) is 2.58. The highest BCUT2D eigenvalue weighted by atomic mass is 19.1. The van der Waals surface area contributed by atoms with Crippen LogP contribution in [0.3, 0.4) is 0 Å². The van der Waals surface area contributed by atoms with Crippen molar-refractivity contribution in [3.63, 3.8) is 0 Å². The van der Waals surface area contributed by atoms with Gasteiger partial charge < -0.3 is 15.0 Å². The number of nitrogens with one attached hydrogen (secondary N) is 1. The Balaban J connectivity index is 1.63. The Bertz CT molecular complexity index is 624. The maximum atomic E-state index is 13.2. The van der Waals surface area contributed by atoms with Gasteiger partial charge >= 0.3 is 0 Å². The molecule has 2 aliphatic rings.